The second kappa shape index (κ2) is 6.64. The van der Waals surface area contributed by atoms with Gasteiger partial charge in [-0.25, -0.2) is 4.39 Å². The highest BCUT2D eigenvalue weighted by Gasteiger charge is 2.08. The van der Waals surface area contributed by atoms with Gasteiger partial charge in [0.15, 0.2) is 0 Å². The standard InChI is InChI=1S/C14H22FN/c1-4-5-6-14(16-3)10-12-7-8-13(15)9-11(12)2/h7-9,14,16H,4-6,10H2,1-3H3. The molecule has 16 heavy (non-hydrogen) atoms. The zero-order valence-corrected chi connectivity index (χ0v) is 10.5. The molecule has 0 aliphatic rings. The van der Waals surface area contributed by atoms with E-state index in [1.54, 1.807) is 12.1 Å². The van der Waals surface area contributed by atoms with Gasteiger partial charge in [-0.3, -0.25) is 0 Å². The average Bonchev–Trinajstić information content (AvgIpc) is 2.27. The van der Waals surface area contributed by atoms with Crippen molar-refractivity contribution in [1.82, 2.24) is 5.32 Å². The van der Waals surface area contributed by atoms with Crippen LogP contribution in [-0.4, -0.2) is 13.1 Å². The second-order valence-electron chi connectivity index (χ2n) is 4.40. The summed E-state index contributed by atoms with van der Waals surface area (Å²) in [6.45, 7) is 4.18. The van der Waals surface area contributed by atoms with Crippen LogP contribution in [0.15, 0.2) is 18.2 Å². The molecule has 1 atom stereocenters. The molecule has 1 aromatic rings. The van der Waals surface area contributed by atoms with Crippen molar-refractivity contribution in [2.75, 3.05) is 7.05 Å². The average molecular weight is 223 g/mol. The summed E-state index contributed by atoms with van der Waals surface area (Å²) in [5.74, 6) is -0.143. The van der Waals surface area contributed by atoms with Crippen LogP contribution >= 0.6 is 0 Å². The van der Waals surface area contributed by atoms with E-state index >= 15 is 0 Å². The van der Waals surface area contributed by atoms with Gasteiger partial charge in [0.1, 0.15) is 5.82 Å². The molecule has 0 fully saturated rings. The molecule has 0 spiro atoms. The van der Waals surface area contributed by atoms with Crippen molar-refractivity contribution in [2.24, 2.45) is 0 Å². The summed E-state index contributed by atoms with van der Waals surface area (Å²) in [5, 5.41) is 3.33. The van der Waals surface area contributed by atoms with Crippen molar-refractivity contribution in [3.8, 4) is 0 Å². The first-order valence-electron chi connectivity index (χ1n) is 6.09. The lowest BCUT2D eigenvalue weighted by Gasteiger charge is -2.17. The summed E-state index contributed by atoms with van der Waals surface area (Å²) < 4.78 is 13.0. The molecule has 1 N–H and O–H groups in total. The first-order valence-corrected chi connectivity index (χ1v) is 6.09. The molecule has 1 unspecified atom stereocenters. The van der Waals surface area contributed by atoms with Crippen molar-refractivity contribution in [3.05, 3.63) is 35.1 Å². The maximum atomic E-state index is 13.0. The molecule has 2 heteroatoms. The van der Waals surface area contributed by atoms with Gasteiger partial charge < -0.3 is 5.32 Å². The minimum Gasteiger partial charge on any atom is -0.317 e. The van der Waals surface area contributed by atoms with Gasteiger partial charge in [0.25, 0.3) is 0 Å². The molecule has 0 aliphatic heterocycles. The fraction of sp³-hybridized carbons (Fsp3) is 0.571. The normalized spacial score (nSPS) is 12.8. The van der Waals surface area contributed by atoms with Crippen molar-refractivity contribution < 1.29 is 4.39 Å². The summed E-state index contributed by atoms with van der Waals surface area (Å²) in [4.78, 5) is 0. The number of nitrogens with one attached hydrogen (secondary N) is 1. The van der Waals surface area contributed by atoms with Gasteiger partial charge in [0, 0.05) is 6.04 Å². The van der Waals surface area contributed by atoms with Gasteiger partial charge in [-0.05, 0) is 50.1 Å². The van der Waals surface area contributed by atoms with Gasteiger partial charge in [0.05, 0.1) is 0 Å². The lowest BCUT2D eigenvalue weighted by molar-refractivity contribution is 0.497. The lowest BCUT2D eigenvalue weighted by atomic mass is 9.98. The molecular weight excluding hydrogens is 201 g/mol. The highest BCUT2D eigenvalue weighted by atomic mass is 19.1. The molecule has 0 saturated heterocycles. The highest BCUT2D eigenvalue weighted by molar-refractivity contribution is 5.27. The van der Waals surface area contributed by atoms with Gasteiger partial charge in [-0.1, -0.05) is 25.8 Å². The third-order valence-electron chi connectivity index (χ3n) is 3.09. The van der Waals surface area contributed by atoms with Gasteiger partial charge in [-0.2, -0.15) is 0 Å². The number of halogens is 1. The molecule has 0 aromatic heterocycles. The first kappa shape index (κ1) is 13.2. The van der Waals surface area contributed by atoms with Gasteiger partial charge >= 0.3 is 0 Å². The third-order valence-corrected chi connectivity index (χ3v) is 3.09. The van der Waals surface area contributed by atoms with E-state index in [2.05, 4.69) is 12.2 Å². The van der Waals surface area contributed by atoms with E-state index in [0.29, 0.717) is 6.04 Å². The number of hydrogen-bond acceptors (Lipinski definition) is 1. The molecule has 0 aliphatic carbocycles. The van der Waals surface area contributed by atoms with Crippen LogP contribution in [-0.2, 0) is 6.42 Å². The predicted molar refractivity (Wildman–Crippen MR) is 67.2 cm³/mol. The van der Waals surface area contributed by atoms with Crippen LogP contribution < -0.4 is 5.32 Å². The van der Waals surface area contributed by atoms with Crippen LogP contribution in [0.1, 0.15) is 37.3 Å². The van der Waals surface area contributed by atoms with Gasteiger partial charge in [-0.15, -0.1) is 0 Å². The van der Waals surface area contributed by atoms with Crippen LogP contribution in [0.2, 0.25) is 0 Å². The SMILES string of the molecule is CCCCC(Cc1ccc(F)cc1C)NC. The molecule has 0 bridgehead atoms. The Labute approximate surface area is 98.1 Å². The Morgan fingerprint density at radius 3 is 2.69 bits per heavy atom. The van der Waals surface area contributed by atoms with Crippen molar-refractivity contribution in [2.45, 2.75) is 45.6 Å². The third kappa shape index (κ3) is 3.93. The lowest BCUT2D eigenvalue weighted by Crippen LogP contribution is -2.27. The first-order chi connectivity index (χ1) is 7.67. The fourth-order valence-corrected chi connectivity index (χ4v) is 1.95. The summed E-state index contributed by atoms with van der Waals surface area (Å²) in [6, 6.07) is 5.57. The Kier molecular flexibility index (Phi) is 5.47. The molecule has 0 radical (unpaired) electrons. The maximum absolute atomic E-state index is 13.0. The van der Waals surface area contributed by atoms with E-state index in [9.17, 15) is 4.39 Å². The Morgan fingerprint density at radius 2 is 2.12 bits per heavy atom. The number of rotatable bonds is 6. The van der Waals surface area contributed by atoms with E-state index in [1.165, 1.54) is 24.8 Å². The second-order valence-corrected chi connectivity index (χ2v) is 4.40. The highest BCUT2D eigenvalue weighted by Crippen LogP contribution is 2.14. The quantitative estimate of drug-likeness (QED) is 0.779. The van der Waals surface area contributed by atoms with E-state index in [4.69, 9.17) is 0 Å². The maximum Gasteiger partial charge on any atom is 0.123 e. The molecule has 0 saturated carbocycles. The van der Waals surface area contributed by atoms with Gasteiger partial charge in [0.2, 0.25) is 0 Å². The van der Waals surface area contributed by atoms with Crippen LogP contribution in [0.3, 0.4) is 0 Å². The minimum atomic E-state index is -0.143. The van der Waals surface area contributed by atoms with Crippen molar-refractivity contribution >= 4 is 0 Å². The zero-order valence-electron chi connectivity index (χ0n) is 10.5. The van der Waals surface area contributed by atoms with Crippen molar-refractivity contribution in [3.63, 3.8) is 0 Å². The number of hydrogen-bond donors (Lipinski definition) is 1. The number of unbranched alkanes of at least 4 members (excludes halogenated alkanes) is 1. The molecule has 90 valence electrons. The van der Waals surface area contributed by atoms with Crippen LogP contribution in [0.5, 0.6) is 0 Å². The molecule has 1 rings (SSSR count). The van der Waals surface area contributed by atoms with Crippen LogP contribution in [0, 0.1) is 12.7 Å². The zero-order chi connectivity index (χ0) is 12.0. The summed E-state index contributed by atoms with van der Waals surface area (Å²) in [6.07, 6.45) is 4.64. The van der Waals surface area contributed by atoms with E-state index in [-0.39, 0.29) is 5.82 Å². The van der Waals surface area contributed by atoms with Crippen molar-refractivity contribution in [1.29, 1.82) is 0 Å². The fourth-order valence-electron chi connectivity index (χ4n) is 1.95. The van der Waals surface area contributed by atoms with Crippen LogP contribution in [0.4, 0.5) is 4.39 Å². The largest absolute Gasteiger partial charge is 0.317 e. The Balaban J connectivity index is 2.62. The molecule has 1 aromatic carbocycles. The summed E-state index contributed by atoms with van der Waals surface area (Å²) >= 11 is 0. The molecule has 0 amide bonds. The molecule has 1 nitrogen and oxygen atoms in total. The molecular formula is C14H22FN. The summed E-state index contributed by atoms with van der Waals surface area (Å²) in [7, 11) is 2.00. The Hall–Kier alpha value is -0.890. The Bertz CT molecular complexity index is 323. The number of benzene rings is 1. The minimum absolute atomic E-state index is 0.143. The Morgan fingerprint density at radius 1 is 1.38 bits per heavy atom. The van der Waals surface area contributed by atoms with E-state index in [1.807, 2.05) is 20.0 Å². The smallest absolute Gasteiger partial charge is 0.123 e. The van der Waals surface area contributed by atoms with E-state index in [0.717, 1.165) is 12.0 Å². The monoisotopic (exact) mass is 223 g/mol. The topological polar surface area (TPSA) is 12.0 Å². The predicted octanol–water partition coefficient (Wildman–Crippen LogP) is 3.45. The summed E-state index contributed by atoms with van der Waals surface area (Å²) in [5.41, 5.74) is 2.30. The molecule has 0 heterocycles. The van der Waals surface area contributed by atoms with E-state index < -0.39 is 0 Å². The van der Waals surface area contributed by atoms with Crippen LogP contribution in [0.25, 0.3) is 0 Å². The number of aryl methyl sites for hydroxylation is 1. The number of likely N-dealkylation sites (N-methyl/N-ethyl adjacent to an activating group) is 1.